The summed E-state index contributed by atoms with van der Waals surface area (Å²) in [6, 6.07) is 5.88. The molecule has 2 aromatic heterocycles. The van der Waals surface area contributed by atoms with Crippen molar-refractivity contribution in [1.82, 2.24) is 24.8 Å². The number of halogens is 2. The van der Waals surface area contributed by atoms with Crippen molar-refractivity contribution in [2.75, 3.05) is 12.3 Å². The predicted octanol–water partition coefficient (Wildman–Crippen LogP) is 4.62. The molecule has 0 radical (unpaired) electrons. The zero-order chi connectivity index (χ0) is 22.4. The molecule has 2 heterocycles. The number of hydrogen-bond acceptors (Lipinski definition) is 6. The molecule has 1 aromatic carbocycles. The summed E-state index contributed by atoms with van der Waals surface area (Å²) in [5, 5.41) is 3.54. The van der Waals surface area contributed by atoms with Crippen LogP contribution in [0.1, 0.15) is 37.8 Å². The van der Waals surface area contributed by atoms with Gasteiger partial charge < -0.3 is 20.4 Å². The summed E-state index contributed by atoms with van der Waals surface area (Å²) in [4.78, 5) is 24.3. The fourth-order valence-corrected chi connectivity index (χ4v) is 3.68. The van der Waals surface area contributed by atoms with Crippen molar-refractivity contribution in [2.45, 2.75) is 46.2 Å². The van der Waals surface area contributed by atoms with Crippen LogP contribution in [0.3, 0.4) is 0 Å². The number of aryl methyl sites for hydroxylation is 1. The smallest absolute Gasteiger partial charge is 0.407 e. The summed E-state index contributed by atoms with van der Waals surface area (Å²) in [6.07, 6.45) is 3.53. The molecule has 3 N–H and O–H groups in total. The molecule has 0 bridgehead atoms. The van der Waals surface area contributed by atoms with Crippen molar-refractivity contribution in [2.24, 2.45) is 5.92 Å². The number of carbonyl (C=O) groups is 1. The number of nitrogens with two attached hydrogens (primary N) is 1. The minimum atomic E-state index is -0.467. The van der Waals surface area contributed by atoms with E-state index >= 15 is 0 Å². The van der Waals surface area contributed by atoms with Gasteiger partial charge in [-0.15, -0.1) is 0 Å². The molecule has 0 aliphatic carbocycles. The van der Waals surface area contributed by atoms with E-state index in [1.807, 2.05) is 22.8 Å². The van der Waals surface area contributed by atoms with Crippen LogP contribution in [-0.4, -0.2) is 32.2 Å². The van der Waals surface area contributed by atoms with Crippen molar-refractivity contribution < 1.29 is 9.53 Å². The second-order valence-corrected chi connectivity index (χ2v) is 8.39. The second kappa shape index (κ2) is 10.6. The van der Waals surface area contributed by atoms with Gasteiger partial charge in [0.2, 0.25) is 5.28 Å². The monoisotopic (exact) mass is 464 g/mol. The Balaban J connectivity index is 1.40. The normalized spacial score (nSPS) is 11.3. The van der Waals surface area contributed by atoms with Gasteiger partial charge in [-0.1, -0.05) is 43.6 Å². The molecule has 0 fully saturated rings. The summed E-state index contributed by atoms with van der Waals surface area (Å²) >= 11 is 12.3. The van der Waals surface area contributed by atoms with E-state index in [0.717, 1.165) is 24.0 Å². The van der Waals surface area contributed by atoms with Gasteiger partial charge in [-0.05, 0) is 47.9 Å². The van der Waals surface area contributed by atoms with Gasteiger partial charge in [-0.25, -0.2) is 9.78 Å². The van der Waals surface area contributed by atoms with Crippen molar-refractivity contribution >= 4 is 46.3 Å². The van der Waals surface area contributed by atoms with Crippen molar-refractivity contribution in [1.29, 1.82) is 0 Å². The maximum absolute atomic E-state index is 12.0. The van der Waals surface area contributed by atoms with E-state index in [2.05, 4.69) is 34.1 Å². The maximum atomic E-state index is 12.0. The molecule has 0 unspecified atom stereocenters. The number of nitrogen functional groups attached to an aromatic ring is 1. The molecule has 8 nitrogen and oxygen atoms in total. The number of carbonyl (C=O) groups excluding carboxylic acids is 1. The molecular weight excluding hydrogens is 439 g/mol. The first-order chi connectivity index (χ1) is 14.8. The number of imidazole rings is 1. The van der Waals surface area contributed by atoms with E-state index in [1.54, 1.807) is 6.33 Å². The lowest BCUT2D eigenvalue weighted by Gasteiger charge is -2.12. The number of anilines is 1. The number of fused-ring (bicyclic) bond motifs is 1. The number of unbranched alkanes of at least 4 members (excludes halogenated alkanes) is 1. The van der Waals surface area contributed by atoms with Crippen LogP contribution in [0.2, 0.25) is 10.3 Å². The quantitative estimate of drug-likeness (QED) is 0.353. The van der Waals surface area contributed by atoms with Crippen LogP contribution in [0.5, 0.6) is 0 Å². The lowest BCUT2D eigenvalue weighted by molar-refractivity contribution is 0.143. The zero-order valence-electron chi connectivity index (χ0n) is 17.6. The Morgan fingerprint density at radius 2 is 2.00 bits per heavy atom. The van der Waals surface area contributed by atoms with Gasteiger partial charge >= 0.3 is 6.09 Å². The number of aromatic nitrogens is 4. The van der Waals surface area contributed by atoms with E-state index in [-0.39, 0.29) is 11.1 Å². The standard InChI is InChI=1S/C21H26Cl2N6O2/c1-13(2)10-14-6-5-7-15(16(14)22)11-25-21(30)31-9-4-3-8-29-12-26-17-18(24)27-20(23)28-19(17)29/h5-7,12-13H,3-4,8-11H2,1-2H3,(H,25,30)(H2,24,27,28). The molecule has 0 aliphatic rings. The number of nitrogens with one attached hydrogen (secondary N) is 1. The summed E-state index contributed by atoms with van der Waals surface area (Å²) in [5.74, 6) is 0.761. The highest BCUT2D eigenvalue weighted by Crippen LogP contribution is 2.23. The topological polar surface area (TPSA) is 108 Å². The first-order valence-corrected chi connectivity index (χ1v) is 10.9. The fourth-order valence-electron chi connectivity index (χ4n) is 3.24. The van der Waals surface area contributed by atoms with Crippen molar-refractivity contribution in [3.63, 3.8) is 0 Å². The van der Waals surface area contributed by atoms with Gasteiger partial charge in [0.05, 0.1) is 12.9 Å². The van der Waals surface area contributed by atoms with Crippen LogP contribution in [0.25, 0.3) is 11.2 Å². The molecule has 166 valence electrons. The maximum Gasteiger partial charge on any atom is 0.407 e. The third-order valence-electron chi connectivity index (χ3n) is 4.70. The van der Waals surface area contributed by atoms with E-state index in [0.29, 0.717) is 48.2 Å². The molecular formula is C21H26Cl2N6O2. The Bertz CT molecular complexity index is 1050. The lowest BCUT2D eigenvalue weighted by atomic mass is 10.0. The highest BCUT2D eigenvalue weighted by Gasteiger charge is 2.11. The number of rotatable bonds is 9. The largest absolute Gasteiger partial charge is 0.450 e. The first-order valence-electron chi connectivity index (χ1n) is 10.2. The molecule has 0 aliphatic heterocycles. The highest BCUT2D eigenvalue weighted by atomic mass is 35.5. The Morgan fingerprint density at radius 1 is 1.23 bits per heavy atom. The SMILES string of the molecule is CC(C)Cc1cccc(CNC(=O)OCCCCn2cnc3c(N)nc(Cl)nc32)c1Cl. The molecule has 0 atom stereocenters. The van der Waals surface area contributed by atoms with Crippen molar-refractivity contribution in [3.05, 3.63) is 46.0 Å². The van der Waals surface area contributed by atoms with Gasteiger partial charge in [-0.3, -0.25) is 0 Å². The fraction of sp³-hybridized carbons (Fsp3) is 0.429. The minimum absolute atomic E-state index is 0.0848. The average Bonchev–Trinajstić information content (AvgIpc) is 3.11. The molecule has 0 saturated heterocycles. The number of hydrogen-bond donors (Lipinski definition) is 2. The van der Waals surface area contributed by atoms with Crippen LogP contribution in [0.4, 0.5) is 10.6 Å². The third kappa shape index (κ3) is 6.21. The number of benzene rings is 1. The van der Waals surface area contributed by atoms with E-state index in [4.69, 9.17) is 33.7 Å². The third-order valence-corrected chi connectivity index (χ3v) is 5.35. The molecule has 3 rings (SSSR count). The van der Waals surface area contributed by atoms with E-state index in [9.17, 15) is 4.79 Å². The van der Waals surface area contributed by atoms with Crippen LogP contribution < -0.4 is 11.1 Å². The number of amides is 1. The number of nitrogens with zero attached hydrogens (tertiary/aromatic N) is 4. The van der Waals surface area contributed by atoms with Gasteiger partial charge in [0.15, 0.2) is 11.5 Å². The number of ether oxygens (including phenoxy) is 1. The van der Waals surface area contributed by atoms with Crippen LogP contribution >= 0.6 is 23.2 Å². The molecule has 10 heteroatoms. The Kier molecular flexibility index (Phi) is 7.92. The second-order valence-electron chi connectivity index (χ2n) is 7.67. The summed E-state index contributed by atoms with van der Waals surface area (Å²) < 4.78 is 7.11. The summed E-state index contributed by atoms with van der Waals surface area (Å²) in [7, 11) is 0. The molecule has 3 aromatic rings. The van der Waals surface area contributed by atoms with E-state index < -0.39 is 6.09 Å². The molecule has 0 saturated carbocycles. The highest BCUT2D eigenvalue weighted by molar-refractivity contribution is 6.32. The van der Waals surface area contributed by atoms with Crippen LogP contribution in [0.15, 0.2) is 24.5 Å². The van der Waals surface area contributed by atoms with Gasteiger partial charge in [-0.2, -0.15) is 9.97 Å². The molecule has 31 heavy (non-hydrogen) atoms. The molecule has 1 amide bonds. The summed E-state index contributed by atoms with van der Waals surface area (Å²) in [6.45, 7) is 5.56. The Morgan fingerprint density at radius 3 is 2.77 bits per heavy atom. The van der Waals surface area contributed by atoms with Gasteiger partial charge in [0, 0.05) is 18.1 Å². The predicted molar refractivity (Wildman–Crippen MR) is 122 cm³/mol. The lowest BCUT2D eigenvalue weighted by Crippen LogP contribution is -2.24. The van der Waals surface area contributed by atoms with Crippen LogP contribution in [0, 0.1) is 5.92 Å². The van der Waals surface area contributed by atoms with Crippen LogP contribution in [-0.2, 0) is 24.2 Å². The minimum Gasteiger partial charge on any atom is -0.450 e. The number of alkyl carbamates (subject to hydrolysis) is 1. The first kappa shape index (κ1) is 23.1. The zero-order valence-corrected chi connectivity index (χ0v) is 19.1. The molecule has 0 spiro atoms. The van der Waals surface area contributed by atoms with E-state index in [1.165, 1.54) is 0 Å². The average molecular weight is 465 g/mol. The Hall–Kier alpha value is -2.58. The van der Waals surface area contributed by atoms with Crippen molar-refractivity contribution in [3.8, 4) is 0 Å². The van der Waals surface area contributed by atoms with Gasteiger partial charge in [0.1, 0.15) is 5.52 Å². The van der Waals surface area contributed by atoms with Gasteiger partial charge in [0.25, 0.3) is 0 Å². The summed E-state index contributed by atoms with van der Waals surface area (Å²) in [5.41, 5.74) is 8.89. The Labute approximate surface area is 191 Å².